The molecule has 1 spiro atoms. The van der Waals surface area contributed by atoms with Crippen molar-refractivity contribution in [2.45, 2.75) is 38.4 Å². The molecule has 2 aliphatic rings. The van der Waals surface area contributed by atoms with Crippen molar-refractivity contribution < 1.29 is 4.42 Å². The first kappa shape index (κ1) is 16.0. The van der Waals surface area contributed by atoms with Crippen LogP contribution in [0.1, 0.15) is 30.5 Å². The van der Waals surface area contributed by atoms with E-state index < -0.39 is 0 Å². The number of rotatable bonds is 5. The molecule has 0 amide bonds. The molecule has 6 heteroatoms. The number of aromatic nitrogens is 1. The number of hydrogen-bond acceptors (Lipinski definition) is 5. The summed E-state index contributed by atoms with van der Waals surface area (Å²) in [6, 6.07) is 2.94. The van der Waals surface area contributed by atoms with Crippen LogP contribution in [0.3, 0.4) is 0 Å². The van der Waals surface area contributed by atoms with Crippen LogP contribution in [0.4, 0.5) is 0 Å². The number of thiophene rings is 1. The highest BCUT2D eigenvalue weighted by Crippen LogP contribution is 2.56. The molecule has 22 heavy (non-hydrogen) atoms. The van der Waals surface area contributed by atoms with Gasteiger partial charge < -0.3 is 9.73 Å². The van der Waals surface area contributed by atoms with Crippen molar-refractivity contribution in [2.75, 3.05) is 13.1 Å². The van der Waals surface area contributed by atoms with Crippen LogP contribution < -0.4 is 5.32 Å². The Morgan fingerprint density at radius 2 is 2.23 bits per heavy atom. The van der Waals surface area contributed by atoms with Gasteiger partial charge in [0, 0.05) is 19.1 Å². The Balaban J connectivity index is 0.00000144. The van der Waals surface area contributed by atoms with Gasteiger partial charge in [0.1, 0.15) is 6.26 Å². The third kappa shape index (κ3) is 3.23. The van der Waals surface area contributed by atoms with E-state index in [1.165, 1.54) is 44.3 Å². The van der Waals surface area contributed by atoms with E-state index in [2.05, 4.69) is 32.0 Å². The average Bonchev–Trinajstić information content (AvgIpc) is 2.96. The summed E-state index contributed by atoms with van der Waals surface area (Å²) in [6.45, 7) is 4.27. The monoisotopic (exact) mass is 339 g/mol. The Morgan fingerprint density at radius 3 is 2.91 bits per heavy atom. The highest BCUT2D eigenvalue weighted by molar-refractivity contribution is 7.07. The fraction of sp³-hybridized carbons (Fsp3) is 0.562. The zero-order chi connectivity index (χ0) is 14.1. The molecule has 1 aliphatic carbocycles. The van der Waals surface area contributed by atoms with Gasteiger partial charge in [-0.1, -0.05) is 0 Å². The molecule has 2 aromatic rings. The van der Waals surface area contributed by atoms with Crippen LogP contribution in [0.15, 0.2) is 33.9 Å². The van der Waals surface area contributed by atoms with Crippen molar-refractivity contribution in [3.8, 4) is 0 Å². The highest BCUT2D eigenvalue weighted by Gasteiger charge is 2.56. The summed E-state index contributed by atoms with van der Waals surface area (Å²) in [4.78, 5) is 6.91. The Labute approximate surface area is 141 Å². The van der Waals surface area contributed by atoms with Crippen molar-refractivity contribution in [1.82, 2.24) is 15.2 Å². The third-order valence-corrected chi connectivity index (χ3v) is 5.73. The molecule has 1 unspecified atom stereocenters. The first-order valence-electron chi connectivity index (χ1n) is 7.69. The molecule has 4 rings (SSSR count). The SMILES string of the molecule is Cl.c1nc(CN(Cc2ccsc2)C2CC23CCNCC3)co1. The Kier molecular flexibility index (Phi) is 4.88. The van der Waals surface area contributed by atoms with Gasteiger partial charge in [0.2, 0.25) is 0 Å². The minimum Gasteiger partial charge on any atom is -0.451 e. The number of piperidine rings is 1. The van der Waals surface area contributed by atoms with E-state index in [-0.39, 0.29) is 12.4 Å². The van der Waals surface area contributed by atoms with Gasteiger partial charge in [-0.3, -0.25) is 4.90 Å². The van der Waals surface area contributed by atoms with E-state index >= 15 is 0 Å². The van der Waals surface area contributed by atoms with E-state index in [0.29, 0.717) is 11.5 Å². The number of halogens is 1. The number of oxazole rings is 1. The number of hydrogen-bond donors (Lipinski definition) is 1. The maximum Gasteiger partial charge on any atom is 0.180 e. The van der Waals surface area contributed by atoms with E-state index in [1.807, 2.05) is 0 Å². The zero-order valence-corrected chi connectivity index (χ0v) is 14.2. The van der Waals surface area contributed by atoms with Crippen molar-refractivity contribution in [2.24, 2.45) is 5.41 Å². The van der Waals surface area contributed by atoms with Crippen molar-refractivity contribution in [3.63, 3.8) is 0 Å². The molecule has 1 N–H and O–H groups in total. The Bertz CT molecular complexity index is 530. The lowest BCUT2D eigenvalue weighted by Gasteiger charge is -2.29. The summed E-state index contributed by atoms with van der Waals surface area (Å²) >= 11 is 1.78. The number of nitrogens with one attached hydrogen (secondary N) is 1. The minimum atomic E-state index is 0. The molecule has 2 fully saturated rings. The predicted octanol–water partition coefficient (Wildman–Crippen LogP) is 3.30. The molecule has 120 valence electrons. The van der Waals surface area contributed by atoms with Crippen LogP contribution in [0.2, 0.25) is 0 Å². The van der Waals surface area contributed by atoms with Crippen molar-refractivity contribution >= 4 is 23.7 Å². The molecule has 3 heterocycles. The predicted molar refractivity (Wildman–Crippen MR) is 90.3 cm³/mol. The zero-order valence-electron chi connectivity index (χ0n) is 12.5. The van der Waals surface area contributed by atoms with Gasteiger partial charge in [-0.25, -0.2) is 4.98 Å². The maximum absolute atomic E-state index is 5.14. The molecule has 1 atom stereocenters. The molecule has 1 saturated carbocycles. The quantitative estimate of drug-likeness (QED) is 0.907. The van der Waals surface area contributed by atoms with Crippen LogP contribution >= 0.6 is 23.7 Å². The van der Waals surface area contributed by atoms with Gasteiger partial charge in [-0.15, -0.1) is 12.4 Å². The first-order valence-corrected chi connectivity index (χ1v) is 8.63. The van der Waals surface area contributed by atoms with Gasteiger partial charge in [-0.2, -0.15) is 11.3 Å². The van der Waals surface area contributed by atoms with Crippen LogP contribution in [0.5, 0.6) is 0 Å². The number of nitrogens with zero attached hydrogens (tertiary/aromatic N) is 2. The molecular formula is C16H22ClN3OS. The topological polar surface area (TPSA) is 41.3 Å². The largest absolute Gasteiger partial charge is 0.451 e. The van der Waals surface area contributed by atoms with Gasteiger partial charge >= 0.3 is 0 Å². The normalized spacial score (nSPS) is 22.7. The maximum atomic E-state index is 5.14. The van der Waals surface area contributed by atoms with Gasteiger partial charge in [0.05, 0.1) is 5.69 Å². The average molecular weight is 340 g/mol. The smallest absolute Gasteiger partial charge is 0.180 e. The minimum absolute atomic E-state index is 0. The van der Waals surface area contributed by atoms with Crippen molar-refractivity contribution in [1.29, 1.82) is 0 Å². The van der Waals surface area contributed by atoms with E-state index in [1.54, 1.807) is 17.6 Å². The summed E-state index contributed by atoms with van der Waals surface area (Å²) in [5, 5.41) is 7.91. The lowest BCUT2D eigenvalue weighted by Crippen LogP contribution is -2.35. The molecule has 0 bridgehead atoms. The molecule has 0 radical (unpaired) electrons. The lowest BCUT2D eigenvalue weighted by molar-refractivity contribution is 0.186. The summed E-state index contributed by atoms with van der Waals surface area (Å²) in [7, 11) is 0. The van der Waals surface area contributed by atoms with Crippen LogP contribution in [-0.2, 0) is 13.1 Å². The Hall–Kier alpha value is -0.880. The highest BCUT2D eigenvalue weighted by atomic mass is 35.5. The molecule has 4 nitrogen and oxygen atoms in total. The lowest BCUT2D eigenvalue weighted by atomic mass is 9.93. The van der Waals surface area contributed by atoms with Gasteiger partial charge in [0.15, 0.2) is 6.39 Å². The van der Waals surface area contributed by atoms with Gasteiger partial charge in [-0.05, 0) is 60.2 Å². The summed E-state index contributed by atoms with van der Waals surface area (Å²) in [5.74, 6) is 0. The standard InChI is InChI=1S/C16H21N3OS.ClH/c1-6-21-11-13(1)8-19(9-14-10-20-12-18-14)15-7-16(15)2-4-17-5-3-16;/h1,6,10-12,15,17H,2-5,7-9H2;1H. The first-order chi connectivity index (χ1) is 10.4. The third-order valence-electron chi connectivity index (χ3n) is 5.00. The van der Waals surface area contributed by atoms with Crippen molar-refractivity contribution in [3.05, 3.63) is 40.7 Å². The van der Waals surface area contributed by atoms with Crippen LogP contribution in [0.25, 0.3) is 0 Å². The van der Waals surface area contributed by atoms with E-state index in [9.17, 15) is 0 Å². The second kappa shape index (κ2) is 6.71. The second-order valence-corrected chi connectivity index (χ2v) is 7.13. The van der Waals surface area contributed by atoms with Gasteiger partial charge in [0.25, 0.3) is 0 Å². The Morgan fingerprint density at radius 1 is 1.36 bits per heavy atom. The second-order valence-electron chi connectivity index (χ2n) is 6.35. The van der Waals surface area contributed by atoms with Crippen LogP contribution in [0, 0.1) is 5.41 Å². The molecule has 1 saturated heterocycles. The fourth-order valence-electron chi connectivity index (χ4n) is 3.72. The summed E-state index contributed by atoms with van der Waals surface area (Å²) < 4.78 is 5.14. The molecule has 2 aromatic heterocycles. The summed E-state index contributed by atoms with van der Waals surface area (Å²) in [5.41, 5.74) is 3.02. The summed E-state index contributed by atoms with van der Waals surface area (Å²) in [6.07, 6.45) is 7.29. The van der Waals surface area contributed by atoms with E-state index in [0.717, 1.165) is 18.8 Å². The molecular weight excluding hydrogens is 318 g/mol. The van der Waals surface area contributed by atoms with E-state index in [4.69, 9.17) is 4.42 Å². The fourth-order valence-corrected chi connectivity index (χ4v) is 4.38. The molecule has 1 aliphatic heterocycles. The molecule has 0 aromatic carbocycles. The van der Waals surface area contributed by atoms with Crippen LogP contribution in [-0.4, -0.2) is 29.0 Å².